The molecule has 1 aromatic carbocycles. The molecule has 3 rings (SSSR count). The number of imidazole rings is 1. The van der Waals surface area contributed by atoms with Gasteiger partial charge in [-0.2, -0.15) is 0 Å². The average Bonchev–Trinajstić information content (AvgIpc) is 3.05. The second-order valence-corrected chi connectivity index (χ2v) is 5.14. The molecule has 90 valence electrons. The summed E-state index contributed by atoms with van der Waals surface area (Å²) in [6.45, 7) is 2.26. The molecule has 1 fully saturated rings. The molecule has 0 saturated heterocycles. The lowest BCUT2D eigenvalue weighted by Crippen LogP contribution is -2.07. The molecular formula is C14H19N3. The van der Waals surface area contributed by atoms with Crippen LogP contribution in [0.25, 0.3) is 11.0 Å². The minimum atomic E-state index is 0.594. The molecule has 0 amide bonds. The van der Waals surface area contributed by atoms with Crippen molar-refractivity contribution in [3.63, 3.8) is 0 Å². The Morgan fingerprint density at radius 3 is 3.00 bits per heavy atom. The minimum Gasteiger partial charge on any atom is -0.399 e. The molecule has 1 atom stereocenters. The second-order valence-electron chi connectivity index (χ2n) is 5.14. The van der Waals surface area contributed by atoms with Crippen molar-refractivity contribution in [1.82, 2.24) is 9.55 Å². The molecule has 0 radical (unpaired) electrons. The van der Waals surface area contributed by atoms with E-state index in [1.165, 1.54) is 31.2 Å². The van der Waals surface area contributed by atoms with E-state index in [2.05, 4.69) is 22.5 Å². The Balaban J connectivity index is 1.97. The lowest BCUT2D eigenvalue weighted by Gasteiger charge is -2.17. The number of benzene rings is 1. The van der Waals surface area contributed by atoms with Crippen LogP contribution < -0.4 is 5.73 Å². The Hall–Kier alpha value is -1.51. The highest BCUT2D eigenvalue weighted by Gasteiger charge is 2.26. The van der Waals surface area contributed by atoms with Crippen LogP contribution in [0.3, 0.4) is 0 Å². The summed E-state index contributed by atoms with van der Waals surface area (Å²) in [4.78, 5) is 4.46. The summed E-state index contributed by atoms with van der Waals surface area (Å²) in [6.07, 6.45) is 7.27. The van der Waals surface area contributed by atoms with Gasteiger partial charge >= 0.3 is 0 Å². The molecule has 0 bridgehead atoms. The summed E-state index contributed by atoms with van der Waals surface area (Å²) >= 11 is 0. The fraction of sp³-hybridized carbons (Fsp3) is 0.500. The molecule has 1 aromatic heterocycles. The van der Waals surface area contributed by atoms with Crippen LogP contribution in [0.5, 0.6) is 0 Å². The third-order valence-electron chi connectivity index (χ3n) is 3.77. The first kappa shape index (κ1) is 10.6. The summed E-state index contributed by atoms with van der Waals surface area (Å²) in [5.74, 6) is 0.950. The normalized spacial score (nSPS) is 17.5. The zero-order valence-corrected chi connectivity index (χ0v) is 10.3. The Morgan fingerprint density at radius 2 is 2.29 bits per heavy atom. The third-order valence-corrected chi connectivity index (χ3v) is 3.77. The molecule has 3 nitrogen and oxygen atoms in total. The van der Waals surface area contributed by atoms with E-state index in [0.717, 1.165) is 17.1 Å². The quantitative estimate of drug-likeness (QED) is 0.817. The number of fused-ring (bicyclic) bond motifs is 1. The van der Waals surface area contributed by atoms with Crippen molar-refractivity contribution >= 4 is 16.7 Å². The van der Waals surface area contributed by atoms with Gasteiger partial charge in [0, 0.05) is 11.7 Å². The van der Waals surface area contributed by atoms with Crippen molar-refractivity contribution in [3.8, 4) is 0 Å². The summed E-state index contributed by atoms with van der Waals surface area (Å²) < 4.78 is 2.33. The number of aromatic nitrogens is 2. The lowest BCUT2D eigenvalue weighted by atomic mass is 10.1. The number of hydrogen-bond donors (Lipinski definition) is 1. The molecule has 1 aliphatic carbocycles. The van der Waals surface area contributed by atoms with E-state index in [1.807, 2.05) is 18.5 Å². The summed E-state index contributed by atoms with van der Waals surface area (Å²) in [7, 11) is 0. The Bertz CT molecular complexity index is 525. The Morgan fingerprint density at radius 1 is 1.47 bits per heavy atom. The molecule has 1 unspecified atom stereocenters. The van der Waals surface area contributed by atoms with E-state index >= 15 is 0 Å². The van der Waals surface area contributed by atoms with Gasteiger partial charge in [0.15, 0.2) is 0 Å². The first-order valence-electron chi connectivity index (χ1n) is 6.50. The smallest absolute Gasteiger partial charge is 0.0960 e. The van der Waals surface area contributed by atoms with Gasteiger partial charge < -0.3 is 10.3 Å². The van der Waals surface area contributed by atoms with Gasteiger partial charge in [-0.25, -0.2) is 4.98 Å². The van der Waals surface area contributed by atoms with Crippen LogP contribution in [0.4, 0.5) is 5.69 Å². The maximum Gasteiger partial charge on any atom is 0.0960 e. The molecule has 1 heterocycles. The van der Waals surface area contributed by atoms with Gasteiger partial charge in [0.2, 0.25) is 0 Å². The highest BCUT2D eigenvalue weighted by atomic mass is 15.1. The van der Waals surface area contributed by atoms with Crippen molar-refractivity contribution in [2.75, 3.05) is 5.73 Å². The highest BCUT2D eigenvalue weighted by molar-refractivity contribution is 5.79. The largest absolute Gasteiger partial charge is 0.399 e. The lowest BCUT2D eigenvalue weighted by molar-refractivity contribution is 0.437. The third kappa shape index (κ3) is 2.02. The number of hydrogen-bond acceptors (Lipinski definition) is 2. The Labute approximate surface area is 102 Å². The van der Waals surface area contributed by atoms with Crippen LogP contribution in [-0.2, 0) is 0 Å². The van der Waals surface area contributed by atoms with E-state index in [9.17, 15) is 0 Å². The molecule has 1 aliphatic rings. The maximum absolute atomic E-state index is 5.78. The van der Waals surface area contributed by atoms with Crippen LogP contribution in [-0.4, -0.2) is 9.55 Å². The minimum absolute atomic E-state index is 0.594. The number of nitrogen functional groups attached to an aromatic ring is 1. The van der Waals surface area contributed by atoms with Gasteiger partial charge in [0.05, 0.1) is 17.4 Å². The van der Waals surface area contributed by atoms with Crippen LogP contribution in [0.2, 0.25) is 0 Å². The molecular weight excluding hydrogens is 210 g/mol. The predicted molar refractivity (Wildman–Crippen MR) is 70.8 cm³/mol. The predicted octanol–water partition coefficient (Wildman–Crippen LogP) is 3.37. The van der Waals surface area contributed by atoms with E-state index in [4.69, 9.17) is 5.73 Å². The number of rotatable bonds is 4. The second kappa shape index (κ2) is 4.06. The van der Waals surface area contributed by atoms with Crippen molar-refractivity contribution in [2.45, 2.75) is 38.6 Å². The van der Waals surface area contributed by atoms with Gasteiger partial charge in [-0.15, -0.1) is 0 Å². The van der Waals surface area contributed by atoms with Crippen LogP contribution in [0.1, 0.15) is 38.6 Å². The van der Waals surface area contributed by atoms with Crippen LogP contribution >= 0.6 is 0 Å². The van der Waals surface area contributed by atoms with Gasteiger partial charge in [0.25, 0.3) is 0 Å². The van der Waals surface area contributed by atoms with E-state index in [0.29, 0.717) is 6.04 Å². The van der Waals surface area contributed by atoms with E-state index < -0.39 is 0 Å². The standard InChI is InChI=1S/C14H19N3/c1-2-12(7-10-3-4-10)17-9-16-13-8-11(15)5-6-14(13)17/h5-6,8-10,12H,2-4,7,15H2,1H3. The maximum atomic E-state index is 5.78. The van der Waals surface area contributed by atoms with Crippen molar-refractivity contribution in [2.24, 2.45) is 5.92 Å². The Kier molecular flexibility index (Phi) is 2.54. The first-order valence-corrected chi connectivity index (χ1v) is 6.50. The SMILES string of the molecule is CCC(CC1CC1)n1cnc2cc(N)ccc21. The number of nitrogens with zero attached hydrogens (tertiary/aromatic N) is 2. The molecule has 17 heavy (non-hydrogen) atoms. The molecule has 0 spiro atoms. The molecule has 2 aromatic rings. The van der Waals surface area contributed by atoms with Gasteiger partial charge in [-0.05, 0) is 37.0 Å². The molecule has 3 heteroatoms. The zero-order chi connectivity index (χ0) is 11.8. The molecule has 2 N–H and O–H groups in total. The fourth-order valence-corrected chi connectivity index (χ4v) is 2.56. The topological polar surface area (TPSA) is 43.8 Å². The average molecular weight is 229 g/mol. The summed E-state index contributed by atoms with van der Waals surface area (Å²) in [6, 6.07) is 6.60. The molecule has 1 saturated carbocycles. The first-order chi connectivity index (χ1) is 8.28. The number of anilines is 1. The van der Waals surface area contributed by atoms with E-state index in [1.54, 1.807) is 0 Å². The molecule has 0 aliphatic heterocycles. The van der Waals surface area contributed by atoms with Crippen molar-refractivity contribution < 1.29 is 0 Å². The monoisotopic (exact) mass is 229 g/mol. The summed E-state index contributed by atoms with van der Waals surface area (Å²) in [5.41, 5.74) is 8.80. The fourth-order valence-electron chi connectivity index (χ4n) is 2.56. The van der Waals surface area contributed by atoms with Gasteiger partial charge in [-0.3, -0.25) is 0 Å². The number of nitrogens with two attached hydrogens (primary N) is 1. The van der Waals surface area contributed by atoms with Crippen LogP contribution in [0, 0.1) is 5.92 Å². The van der Waals surface area contributed by atoms with Gasteiger partial charge in [-0.1, -0.05) is 19.8 Å². The zero-order valence-electron chi connectivity index (χ0n) is 10.3. The van der Waals surface area contributed by atoms with Crippen LogP contribution in [0.15, 0.2) is 24.5 Å². The van der Waals surface area contributed by atoms with E-state index in [-0.39, 0.29) is 0 Å². The van der Waals surface area contributed by atoms with Crippen molar-refractivity contribution in [1.29, 1.82) is 0 Å². The highest BCUT2D eigenvalue weighted by Crippen LogP contribution is 2.38. The van der Waals surface area contributed by atoms with Gasteiger partial charge in [0.1, 0.15) is 0 Å². The van der Waals surface area contributed by atoms with Crippen molar-refractivity contribution in [3.05, 3.63) is 24.5 Å². The summed E-state index contributed by atoms with van der Waals surface area (Å²) in [5, 5.41) is 0.